The average molecular weight is 348 g/mol. The largest absolute Gasteiger partial charge is 0.450 e. The maximum atomic E-state index is 11.9. The molecule has 0 fully saturated rings. The van der Waals surface area contributed by atoms with Crippen LogP contribution in [0.1, 0.15) is 13.8 Å². The molecule has 24 heavy (non-hydrogen) atoms. The molecule has 0 aromatic heterocycles. The van der Waals surface area contributed by atoms with Crippen molar-refractivity contribution < 1.29 is 14.3 Å². The van der Waals surface area contributed by atoms with Gasteiger partial charge in [-0.15, -0.1) is 0 Å². The molecule has 7 heteroatoms. The molecule has 6 nitrogen and oxygen atoms in total. The molecule has 1 aromatic carbocycles. The zero-order valence-corrected chi connectivity index (χ0v) is 14.4. The van der Waals surface area contributed by atoms with Crippen molar-refractivity contribution in [3.05, 3.63) is 46.6 Å². The summed E-state index contributed by atoms with van der Waals surface area (Å²) < 4.78 is 4.85. The highest BCUT2D eigenvalue weighted by Gasteiger charge is 2.18. The summed E-state index contributed by atoms with van der Waals surface area (Å²) in [6.07, 6.45) is 2.30. The smallest absolute Gasteiger partial charge is 0.411 e. The molecule has 0 radical (unpaired) electrons. The number of carbonyl (C=O) groups excluding carboxylic acids is 2. The number of benzene rings is 1. The van der Waals surface area contributed by atoms with Gasteiger partial charge in [-0.2, -0.15) is 0 Å². The van der Waals surface area contributed by atoms with E-state index in [1.807, 2.05) is 0 Å². The Morgan fingerprint density at radius 1 is 1.33 bits per heavy atom. The Kier molecular flexibility index (Phi) is 5.76. The number of nitrogens with one attached hydrogen (secondary N) is 2. The summed E-state index contributed by atoms with van der Waals surface area (Å²) in [5.74, 6) is -0.190. The number of ketones is 1. The van der Waals surface area contributed by atoms with Gasteiger partial charge in [-0.05, 0) is 43.7 Å². The standard InChI is InChI=1S/C17H18ClN3O3/c1-4-24-17(23)21-15-9-16(22)10(2)7-14(15)20-11-5-6-13(19-3)12(18)8-11/h5-9,19H,4H2,1-3H3,(H,21,23). The Morgan fingerprint density at radius 2 is 2.08 bits per heavy atom. The molecule has 1 aliphatic rings. The second-order valence-corrected chi connectivity index (χ2v) is 5.41. The number of hydrogen-bond donors (Lipinski definition) is 2. The van der Waals surface area contributed by atoms with Crippen LogP contribution in [0.5, 0.6) is 0 Å². The molecule has 0 saturated carbocycles. The Hall–Kier alpha value is -2.60. The lowest BCUT2D eigenvalue weighted by Crippen LogP contribution is -2.30. The quantitative estimate of drug-likeness (QED) is 0.815. The van der Waals surface area contributed by atoms with Crippen molar-refractivity contribution in [2.75, 3.05) is 19.0 Å². The van der Waals surface area contributed by atoms with Gasteiger partial charge in [0.1, 0.15) is 0 Å². The molecular formula is C17H18ClN3O3. The zero-order chi connectivity index (χ0) is 17.7. The summed E-state index contributed by atoms with van der Waals surface area (Å²) in [7, 11) is 1.77. The molecule has 0 bridgehead atoms. The second kappa shape index (κ2) is 7.79. The first-order chi connectivity index (χ1) is 11.4. The number of halogens is 1. The van der Waals surface area contributed by atoms with E-state index in [0.717, 1.165) is 5.69 Å². The van der Waals surface area contributed by atoms with Gasteiger partial charge >= 0.3 is 6.09 Å². The topological polar surface area (TPSA) is 79.8 Å². The highest BCUT2D eigenvalue weighted by Crippen LogP contribution is 2.27. The zero-order valence-electron chi connectivity index (χ0n) is 13.6. The molecule has 1 aromatic rings. The van der Waals surface area contributed by atoms with Crippen LogP contribution in [-0.2, 0) is 9.53 Å². The Balaban J connectivity index is 2.36. The lowest BCUT2D eigenvalue weighted by Gasteiger charge is -2.15. The average Bonchev–Trinajstić information content (AvgIpc) is 2.52. The second-order valence-electron chi connectivity index (χ2n) is 5.01. The third kappa shape index (κ3) is 4.23. The SMILES string of the molecule is CCOC(=O)NC1=CC(=O)C(C)=CC1=Nc1ccc(NC)c(Cl)c1. The molecule has 0 heterocycles. The monoisotopic (exact) mass is 347 g/mol. The fraction of sp³-hybridized carbons (Fsp3) is 0.235. The van der Waals surface area contributed by atoms with E-state index in [1.54, 1.807) is 45.2 Å². The first-order valence-electron chi connectivity index (χ1n) is 7.39. The highest BCUT2D eigenvalue weighted by molar-refractivity contribution is 6.33. The van der Waals surface area contributed by atoms with Crippen LogP contribution in [0.15, 0.2) is 46.6 Å². The number of rotatable bonds is 4. The summed E-state index contributed by atoms with van der Waals surface area (Å²) in [4.78, 5) is 28.0. The van der Waals surface area contributed by atoms with Crippen LogP contribution in [-0.4, -0.2) is 31.2 Å². The summed E-state index contributed by atoms with van der Waals surface area (Å²) >= 11 is 6.16. The number of amides is 1. The molecule has 126 valence electrons. The number of ether oxygens (including phenoxy) is 1. The van der Waals surface area contributed by atoms with Crippen molar-refractivity contribution in [1.82, 2.24) is 5.32 Å². The van der Waals surface area contributed by atoms with E-state index in [0.29, 0.717) is 22.0 Å². The summed E-state index contributed by atoms with van der Waals surface area (Å²) in [5.41, 5.74) is 2.66. The van der Waals surface area contributed by atoms with Gasteiger partial charge in [0.2, 0.25) is 0 Å². The summed E-state index contributed by atoms with van der Waals surface area (Å²) in [6, 6.07) is 5.28. The maximum Gasteiger partial charge on any atom is 0.411 e. The molecule has 0 saturated heterocycles. The molecule has 2 N–H and O–H groups in total. The van der Waals surface area contributed by atoms with E-state index >= 15 is 0 Å². The van der Waals surface area contributed by atoms with E-state index in [2.05, 4.69) is 15.6 Å². The fourth-order valence-electron chi connectivity index (χ4n) is 2.06. The number of carbonyl (C=O) groups is 2. The van der Waals surface area contributed by atoms with Crippen molar-refractivity contribution in [3.63, 3.8) is 0 Å². The van der Waals surface area contributed by atoms with Gasteiger partial charge in [0.05, 0.1) is 34.4 Å². The highest BCUT2D eigenvalue weighted by atomic mass is 35.5. The predicted octanol–water partition coefficient (Wildman–Crippen LogP) is 3.61. The van der Waals surface area contributed by atoms with E-state index < -0.39 is 6.09 Å². The van der Waals surface area contributed by atoms with Crippen molar-refractivity contribution in [2.24, 2.45) is 4.99 Å². The number of anilines is 1. The molecule has 0 spiro atoms. The third-order valence-electron chi connectivity index (χ3n) is 3.28. The van der Waals surface area contributed by atoms with Gasteiger partial charge in [0.15, 0.2) is 5.78 Å². The number of hydrogen-bond acceptors (Lipinski definition) is 5. The normalized spacial score (nSPS) is 15.7. The van der Waals surface area contributed by atoms with E-state index in [-0.39, 0.29) is 18.1 Å². The van der Waals surface area contributed by atoms with Crippen LogP contribution in [0.2, 0.25) is 5.02 Å². The van der Waals surface area contributed by atoms with Gasteiger partial charge in [-0.25, -0.2) is 9.79 Å². The summed E-state index contributed by atoms with van der Waals surface area (Å²) in [6.45, 7) is 3.62. The van der Waals surface area contributed by atoms with Gasteiger partial charge < -0.3 is 10.1 Å². The Morgan fingerprint density at radius 3 is 2.71 bits per heavy atom. The first-order valence-corrected chi connectivity index (χ1v) is 7.77. The molecule has 2 rings (SSSR count). The van der Waals surface area contributed by atoms with Crippen molar-refractivity contribution in [2.45, 2.75) is 13.8 Å². The minimum absolute atomic E-state index is 0.190. The van der Waals surface area contributed by atoms with Crippen LogP contribution in [0.3, 0.4) is 0 Å². The van der Waals surface area contributed by atoms with Crippen LogP contribution >= 0.6 is 11.6 Å². The molecule has 0 unspecified atom stereocenters. The molecule has 1 amide bonds. The Labute approximate surface area is 145 Å². The molecular weight excluding hydrogens is 330 g/mol. The molecule has 1 aliphatic carbocycles. The predicted molar refractivity (Wildman–Crippen MR) is 95.1 cm³/mol. The number of nitrogens with zero attached hydrogens (tertiary/aromatic N) is 1. The number of alkyl carbamates (subject to hydrolysis) is 1. The third-order valence-corrected chi connectivity index (χ3v) is 3.59. The van der Waals surface area contributed by atoms with E-state index in [9.17, 15) is 9.59 Å². The van der Waals surface area contributed by atoms with Gasteiger partial charge in [-0.3, -0.25) is 10.1 Å². The van der Waals surface area contributed by atoms with E-state index in [1.165, 1.54) is 6.08 Å². The number of aliphatic imine (C=N–C) groups is 1. The number of allylic oxidation sites excluding steroid dienone is 3. The lowest BCUT2D eigenvalue weighted by molar-refractivity contribution is -0.111. The lowest BCUT2D eigenvalue weighted by atomic mass is 10.0. The Bertz CT molecular complexity index is 766. The van der Waals surface area contributed by atoms with Gasteiger partial charge in [0.25, 0.3) is 0 Å². The fourth-order valence-corrected chi connectivity index (χ4v) is 2.33. The van der Waals surface area contributed by atoms with Gasteiger partial charge in [-0.1, -0.05) is 11.6 Å². The van der Waals surface area contributed by atoms with Crippen LogP contribution in [0.25, 0.3) is 0 Å². The van der Waals surface area contributed by atoms with Gasteiger partial charge in [0, 0.05) is 13.1 Å². The van der Waals surface area contributed by atoms with Crippen LogP contribution < -0.4 is 10.6 Å². The molecule has 0 aliphatic heterocycles. The molecule has 0 atom stereocenters. The first kappa shape index (κ1) is 17.7. The van der Waals surface area contributed by atoms with Crippen LogP contribution in [0, 0.1) is 0 Å². The summed E-state index contributed by atoms with van der Waals surface area (Å²) in [5, 5.41) is 6.03. The van der Waals surface area contributed by atoms with Crippen molar-refractivity contribution >= 4 is 40.6 Å². The minimum atomic E-state index is -0.638. The van der Waals surface area contributed by atoms with Crippen molar-refractivity contribution in [1.29, 1.82) is 0 Å². The van der Waals surface area contributed by atoms with E-state index in [4.69, 9.17) is 16.3 Å². The minimum Gasteiger partial charge on any atom is -0.450 e. The maximum absolute atomic E-state index is 11.9. The van der Waals surface area contributed by atoms with Crippen LogP contribution in [0.4, 0.5) is 16.2 Å². The van der Waals surface area contributed by atoms with Crippen molar-refractivity contribution in [3.8, 4) is 0 Å².